The van der Waals surface area contributed by atoms with Crippen LogP contribution < -0.4 is 0 Å². The number of rotatable bonds is 4. The standard InChI is InChI=1S/C15H23N3O/c1-3-13(2)15(19)18-10-8-17(9-11-18)12-14-4-6-16-7-5-14/h4-7,13H,3,8-12H2,1-2H3. The first-order valence-corrected chi connectivity index (χ1v) is 7.10. The number of hydrogen-bond acceptors (Lipinski definition) is 3. The molecule has 104 valence electrons. The smallest absolute Gasteiger partial charge is 0.225 e. The fourth-order valence-electron chi connectivity index (χ4n) is 2.36. The van der Waals surface area contributed by atoms with Crippen molar-refractivity contribution in [1.29, 1.82) is 0 Å². The lowest BCUT2D eigenvalue weighted by molar-refractivity contribution is -0.136. The Labute approximate surface area is 115 Å². The zero-order chi connectivity index (χ0) is 13.7. The van der Waals surface area contributed by atoms with E-state index in [-0.39, 0.29) is 5.92 Å². The third-order valence-corrected chi connectivity index (χ3v) is 3.87. The van der Waals surface area contributed by atoms with Gasteiger partial charge in [0.15, 0.2) is 0 Å². The van der Waals surface area contributed by atoms with E-state index in [0.29, 0.717) is 5.91 Å². The van der Waals surface area contributed by atoms with Crippen molar-refractivity contribution in [3.05, 3.63) is 30.1 Å². The molecule has 1 amide bonds. The highest BCUT2D eigenvalue weighted by molar-refractivity contribution is 5.78. The van der Waals surface area contributed by atoms with E-state index in [9.17, 15) is 4.79 Å². The van der Waals surface area contributed by atoms with E-state index in [1.54, 1.807) is 0 Å². The van der Waals surface area contributed by atoms with Crippen LogP contribution in [-0.2, 0) is 11.3 Å². The molecule has 1 saturated heterocycles. The Balaban J connectivity index is 1.81. The first-order valence-electron chi connectivity index (χ1n) is 7.10. The Morgan fingerprint density at radius 2 is 1.89 bits per heavy atom. The van der Waals surface area contributed by atoms with Gasteiger partial charge < -0.3 is 4.90 Å². The van der Waals surface area contributed by atoms with Gasteiger partial charge >= 0.3 is 0 Å². The van der Waals surface area contributed by atoms with Crippen LogP contribution in [-0.4, -0.2) is 46.9 Å². The fraction of sp³-hybridized carbons (Fsp3) is 0.600. The molecule has 0 radical (unpaired) electrons. The number of amides is 1. The Hall–Kier alpha value is -1.42. The van der Waals surface area contributed by atoms with E-state index < -0.39 is 0 Å². The lowest BCUT2D eigenvalue weighted by Crippen LogP contribution is -2.49. The van der Waals surface area contributed by atoms with Crippen LogP contribution in [0.5, 0.6) is 0 Å². The second-order valence-corrected chi connectivity index (χ2v) is 5.27. The van der Waals surface area contributed by atoms with Gasteiger partial charge in [-0.2, -0.15) is 0 Å². The predicted molar refractivity (Wildman–Crippen MR) is 75.5 cm³/mol. The quantitative estimate of drug-likeness (QED) is 0.829. The SMILES string of the molecule is CCC(C)C(=O)N1CCN(Cc2ccncc2)CC1. The molecule has 19 heavy (non-hydrogen) atoms. The minimum absolute atomic E-state index is 0.159. The van der Waals surface area contributed by atoms with Crippen LogP contribution >= 0.6 is 0 Å². The van der Waals surface area contributed by atoms with Gasteiger partial charge in [-0.25, -0.2) is 0 Å². The van der Waals surface area contributed by atoms with Gasteiger partial charge in [0.25, 0.3) is 0 Å². The van der Waals surface area contributed by atoms with E-state index in [2.05, 4.69) is 28.9 Å². The summed E-state index contributed by atoms with van der Waals surface area (Å²) in [4.78, 5) is 20.5. The van der Waals surface area contributed by atoms with Gasteiger partial charge in [-0.15, -0.1) is 0 Å². The molecule has 0 spiro atoms. The molecule has 2 rings (SSSR count). The second kappa shape index (κ2) is 6.66. The minimum atomic E-state index is 0.159. The summed E-state index contributed by atoms with van der Waals surface area (Å²) < 4.78 is 0. The summed E-state index contributed by atoms with van der Waals surface area (Å²) in [5, 5.41) is 0. The van der Waals surface area contributed by atoms with Crippen LogP contribution in [0.15, 0.2) is 24.5 Å². The zero-order valence-corrected chi connectivity index (χ0v) is 11.9. The molecule has 1 aromatic rings. The number of piperazine rings is 1. The molecule has 1 aliphatic heterocycles. The molecule has 1 aromatic heterocycles. The van der Waals surface area contributed by atoms with Gasteiger partial charge in [-0.3, -0.25) is 14.7 Å². The molecular formula is C15H23N3O. The summed E-state index contributed by atoms with van der Waals surface area (Å²) >= 11 is 0. The molecule has 0 saturated carbocycles. The van der Waals surface area contributed by atoms with Crippen LogP contribution in [0.3, 0.4) is 0 Å². The van der Waals surface area contributed by atoms with Gasteiger partial charge in [-0.05, 0) is 24.1 Å². The molecule has 0 aliphatic carbocycles. The summed E-state index contributed by atoms with van der Waals surface area (Å²) in [5.74, 6) is 0.470. The summed E-state index contributed by atoms with van der Waals surface area (Å²) in [5.41, 5.74) is 1.29. The van der Waals surface area contributed by atoms with Crippen LogP contribution in [0.25, 0.3) is 0 Å². The minimum Gasteiger partial charge on any atom is -0.340 e. The van der Waals surface area contributed by atoms with Crippen molar-refractivity contribution in [2.24, 2.45) is 5.92 Å². The fourth-order valence-corrected chi connectivity index (χ4v) is 2.36. The molecule has 4 nitrogen and oxygen atoms in total. The van der Waals surface area contributed by atoms with Crippen LogP contribution in [0, 0.1) is 5.92 Å². The highest BCUT2D eigenvalue weighted by Gasteiger charge is 2.23. The Bertz CT molecular complexity index is 399. The lowest BCUT2D eigenvalue weighted by atomic mass is 10.1. The van der Waals surface area contributed by atoms with Crippen molar-refractivity contribution in [2.45, 2.75) is 26.8 Å². The van der Waals surface area contributed by atoms with Crippen molar-refractivity contribution in [3.63, 3.8) is 0 Å². The van der Waals surface area contributed by atoms with Crippen molar-refractivity contribution < 1.29 is 4.79 Å². The number of hydrogen-bond donors (Lipinski definition) is 0. The van der Waals surface area contributed by atoms with Gasteiger partial charge in [0.2, 0.25) is 5.91 Å². The molecule has 1 aliphatic rings. The second-order valence-electron chi connectivity index (χ2n) is 5.27. The van der Waals surface area contributed by atoms with E-state index in [0.717, 1.165) is 39.1 Å². The van der Waals surface area contributed by atoms with Crippen molar-refractivity contribution >= 4 is 5.91 Å². The maximum atomic E-state index is 12.1. The molecule has 0 aromatic carbocycles. The molecule has 1 atom stereocenters. The molecular weight excluding hydrogens is 238 g/mol. The first kappa shape index (κ1) is 14.0. The third-order valence-electron chi connectivity index (χ3n) is 3.87. The molecule has 0 bridgehead atoms. The predicted octanol–water partition coefficient (Wildman–Crippen LogP) is 1.77. The maximum Gasteiger partial charge on any atom is 0.225 e. The normalized spacial score (nSPS) is 18.3. The van der Waals surface area contributed by atoms with Crippen LogP contribution in [0.2, 0.25) is 0 Å². The van der Waals surface area contributed by atoms with E-state index in [4.69, 9.17) is 0 Å². The maximum absolute atomic E-state index is 12.1. The van der Waals surface area contributed by atoms with Crippen LogP contribution in [0.4, 0.5) is 0 Å². The molecule has 0 N–H and O–H groups in total. The molecule has 1 unspecified atom stereocenters. The number of nitrogens with zero attached hydrogens (tertiary/aromatic N) is 3. The van der Waals surface area contributed by atoms with Crippen molar-refractivity contribution in [3.8, 4) is 0 Å². The summed E-state index contributed by atoms with van der Waals surface area (Å²) in [7, 11) is 0. The number of aromatic nitrogens is 1. The zero-order valence-electron chi connectivity index (χ0n) is 11.9. The van der Waals surface area contributed by atoms with Gasteiger partial charge in [0, 0.05) is 51.0 Å². The molecule has 4 heteroatoms. The third kappa shape index (κ3) is 3.77. The summed E-state index contributed by atoms with van der Waals surface area (Å²) in [6.45, 7) is 8.68. The largest absolute Gasteiger partial charge is 0.340 e. The van der Waals surface area contributed by atoms with Gasteiger partial charge in [-0.1, -0.05) is 13.8 Å². The lowest BCUT2D eigenvalue weighted by Gasteiger charge is -2.35. The highest BCUT2D eigenvalue weighted by atomic mass is 16.2. The van der Waals surface area contributed by atoms with Crippen molar-refractivity contribution in [2.75, 3.05) is 26.2 Å². The highest BCUT2D eigenvalue weighted by Crippen LogP contribution is 2.12. The average molecular weight is 261 g/mol. The number of carbonyl (C=O) groups excluding carboxylic acids is 1. The van der Waals surface area contributed by atoms with Crippen LogP contribution in [0.1, 0.15) is 25.8 Å². The first-order chi connectivity index (χ1) is 9.20. The average Bonchev–Trinajstić information content (AvgIpc) is 2.47. The number of carbonyl (C=O) groups is 1. The van der Waals surface area contributed by atoms with E-state index in [1.165, 1.54) is 5.56 Å². The Morgan fingerprint density at radius 3 is 2.47 bits per heavy atom. The Kier molecular flexibility index (Phi) is 4.91. The van der Waals surface area contributed by atoms with Gasteiger partial charge in [0.05, 0.1) is 0 Å². The number of pyridine rings is 1. The summed E-state index contributed by atoms with van der Waals surface area (Å²) in [6, 6.07) is 4.10. The topological polar surface area (TPSA) is 36.4 Å². The summed E-state index contributed by atoms with van der Waals surface area (Å²) in [6.07, 6.45) is 4.59. The van der Waals surface area contributed by atoms with E-state index in [1.807, 2.05) is 24.2 Å². The monoisotopic (exact) mass is 261 g/mol. The van der Waals surface area contributed by atoms with E-state index >= 15 is 0 Å². The Morgan fingerprint density at radius 1 is 1.26 bits per heavy atom. The molecule has 2 heterocycles. The van der Waals surface area contributed by atoms with Crippen molar-refractivity contribution in [1.82, 2.24) is 14.8 Å². The van der Waals surface area contributed by atoms with Gasteiger partial charge in [0.1, 0.15) is 0 Å². The molecule has 1 fully saturated rings.